The van der Waals surface area contributed by atoms with Gasteiger partial charge >= 0.3 is 0 Å². The van der Waals surface area contributed by atoms with Crippen molar-refractivity contribution in [2.45, 2.75) is 51.1 Å². The van der Waals surface area contributed by atoms with Crippen LogP contribution in [0.15, 0.2) is 18.2 Å². The van der Waals surface area contributed by atoms with Crippen molar-refractivity contribution >= 4 is 35.6 Å². The standard InChI is InChI=1S/C19H27ClN2O3.ClH/c1-2-24-8-9-25-19-16(20)4-3-5-17(19)22-18(23)12-13-10-14-6-7-15(11-13)21-14;/h3-5,13-15,21H,2,6-12H2,1H3,(H,22,23);1H. The Labute approximate surface area is 166 Å². The van der Waals surface area contributed by atoms with E-state index >= 15 is 0 Å². The van der Waals surface area contributed by atoms with Crippen LogP contribution in [0.1, 0.15) is 39.0 Å². The summed E-state index contributed by atoms with van der Waals surface area (Å²) in [5.74, 6) is 1.01. The van der Waals surface area contributed by atoms with Crippen LogP contribution in [0.4, 0.5) is 5.69 Å². The van der Waals surface area contributed by atoms with Crippen molar-refractivity contribution in [2.75, 3.05) is 25.1 Å². The van der Waals surface area contributed by atoms with Gasteiger partial charge < -0.3 is 20.1 Å². The largest absolute Gasteiger partial charge is 0.487 e. The number of carbonyl (C=O) groups excluding carboxylic acids is 1. The molecule has 2 N–H and O–H groups in total. The number of halogens is 2. The number of fused-ring (bicyclic) bond motifs is 2. The van der Waals surface area contributed by atoms with Crippen molar-refractivity contribution in [1.82, 2.24) is 5.32 Å². The Kier molecular flexibility index (Phi) is 8.48. The molecular weight excluding hydrogens is 375 g/mol. The molecule has 2 aliphatic rings. The maximum atomic E-state index is 12.5. The number of para-hydroxylation sites is 1. The van der Waals surface area contributed by atoms with Crippen LogP contribution in [0.2, 0.25) is 5.02 Å². The summed E-state index contributed by atoms with van der Waals surface area (Å²) in [6.45, 7) is 3.48. The Hall–Kier alpha value is -1.01. The number of piperidine rings is 1. The van der Waals surface area contributed by atoms with Crippen LogP contribution in [-0.2, 0) is 9.53 Å². The summed E-state index contributed by atoms with van der Waals surface area (Å²) in [5, 5.41) is 7.09. The lowest BCUT2D eigenvalue weighted by Gasteiger charge is -2.28. The SMILES string of the molecule is CCOCCOc1c(Cl)cccc1NC(=O)CC1CC2CCC(C1)N2.Cl. The average molecular weight is 403 g/mol. The maximum Gasteiger partial charge on any atom is 0.224 e. The number of hydrogen-bond donors (Lipinski definition) is 2. The summed E-state index contributed by atoms with van der Waals surface area (Å²) < 4.78 is 11.0. The van der Waals surface area contributed by atoms with Gasteiger partial charge in [0.05, 0.1) is 17.3 Å². The fourth-order valence-corrected chi connectivity index (χ4v) is 4.14. The zero-order valence-electron chi connectivity index (χ0n) is 15.1. The molecule has 2 atom stereocenters. The molecule has 2 aliphatic heterocycles. The molecule has 2 heterocycles. The molecule has 1 amide bonds. The molecule has 0 radical (unpaired) electrons. The second kappa shape index (κ2) is 10.4. The number of anilines is 1. The van der Waals surface area contributed by atoms with Gasteiger partial charge in [-0.3, -0.25) is 4.79 Å². The van der Waals surface area contributed by atoms with Gasteiger partial charge in [0, 0.05) is 25.1 Å². The van der Waals surface area contributed by atoms with E-state index in [1.807, 2.05) is 19.1 Å². The highest BCUT2D eigenvalue weighted by Crippen LogP contribution is 2.35. The molecule has 2 saturated heterocycles. The number of rotatable bonds is 8. The molecule has 0 aromatic heterocycles. The van der Waals surface area contributed by atoms with Gasteiger partial charge in [-0.2, -0.15) is 0 Å². The molecule has 0 saturated carbocycles. The van der Waals surface area contributed by atoms with Crippen LogP contribution in [0.3, 0.4) is 0 Å². The Morgan fingerprint density at radius 1 is 1.27 bits per heavy atom. The van der Waals surface area contributed by atoms with Gasteiger partial charge in [0.1, 0.15) is 6.61 Å². The molecule has 3 rings (SSSR count). The van der Waals surface area contributed by atoms with E-state index in [-0.39, 0.29) is 18.3 Å². The summed E-state index contributed by atoms with van der Waals surface area (Å²) in [4.78, 5) is 12.5. The first-order valence-electron chi connectivity index (χ1n) is 9.20. The lowest BCUT2D eigenvalue weighted by Crippen LogP contribution is -2.39. The fourth-order valence-electron chi connectivity index (χ4n) is 3.91. The van der Waals surface area contributed by atoms with E-state index in [2.05, 4.69) is 10.6 Å². The van der Waals surface area contributed by atoms with Crippen LogP contribution in [0.5, 0.6) is 5.75 Å². The first-order chi connectivity index (χ1) is 12.2. The van der Waals surface area contributed by atoms with E-state index in [9.17, 15) is 4.79 Å². The van der Waals surface area contributed by atoms with E-state index in [0.29, 0.717) is 60.7 Å². The molecule has 5 nitrogen and oxygen atoms in total. The van der Waals surface area contributed by atoms with Crippen molar-refractivity contribution in [2.24, 2.45) is 5.92 Å². The Balaban J connectivity index is 0.00000243. The third kappa shape index (κ3) is 5.74. The summed E-state index contributed by atoms with van der Waals surface area (Å²) in [6.07, 6.45) is 5.23. The van der Waals surface area contributed by atoms with Crippen LogP contribution < -0.4 is 15.4 Å². The molecule has 2 unspecified atom stereocenters. The maximum absolute atomic E-state index is 12.5. The number of hydrogen-bond acceptors (Lipinski definition) is 4. The highest BCUT2D eigenvalue weighted by molar-refractivity contribution is 6.32. The lowest BCUT2D eigenvalue weighted by molar-refractivity contribution is -0.117. The third-order valence-electron chi connectivity index (χ3n) is 4.96. The Bertz CT molecular complexity index is 588. The van der Waals surface area contributed by atoms with Crippen molar-refractivity contribution in [1.29, 1.82) is 0 Å². The second-order valence-corrected chi connectivity index (χ2v) is 7.30. The molecule has 0 spiro atoms. The summed E-state index contributed by atoms with van der Waals surface area (Å²) in [5.41, 5.74) is 0.630. The average Bonchev–Trinajstić information content (AvgIpc) is 2.92. The molecule has 146 valence electrons. The quantitative estimate of drug-likeness (QED) is 0.644. The van der Waals surface area contributed by atoms with Gasteiger partial charge in [0.2, 0.25) is 5.91 Å². The molecule has 7 heteroatoms. The topological polar surface area (TPSA) is 59.6 Å². The first kappa shape index (κ1) is 21.3. The minimum atomic E-state index is 0. The number of ether oxygens (including phenoxy) is 2. The van der Waals surface area contributed by atoms with E-state index in [0.717, 1.165) is 12.8 Å². The van der Waals surface area contributed by atoms with Gasteiger partial charge in [-0.15, -0.1) is 12.4 Å². The molecular formula is C19H28Cl2N2O3. The molecule has 1 aromatic carbocycles. The zero-order valence-corrected chi connectivity index (χ0v) is 16.7. The highest BCUT2D eigenvalue weighted by Gasteiger charge is 2.34. The third-order valence-corrected chi connectivity index (χ3v) is 5.26. The first-order valence-corrected chi connectivity index (χ1v) is 9.58. The monoisotopic (exact) mass is 402 g/mol. The van der Waals surface area contributed by atoms with Crippen LogP contribution >= 0.6 is 24.0 Å². The van der Waals surface area contributed by atoms with Gasteiger partial charge in [0.25, 0.3) is 0 Å². The molecule has 2 bridgehead atoms. The van der Waals surface area contributed by atoms with E-state index < -0.39 is 0 Å². The minimum Gasteiger partial charge on any atom is -0.487 e. The van der Waals surface area contributed by atoms with Crippen LogP contribution in [0.25, 0.3) is 0 Å². The minimum absolute atomic E-state index is 0. The van der Waals surface area contributed by atoms with Crippen molar-refractivity contribution in [3.05, 3.63) is 23.2 Å². The van der Waals surface area contributed by atoms with E-state index in [1.165, 1.54) is 12.8 Å². The van der Waals surface area contributed by atoms with E-state index in [1.54, 1.807) is 6.07 Å². The van der Waals surface area contributed by atoms with Crippen LogP contribution in [0, 0.1) is 5.92 Å². The molecule has 1 aromatic rings. The van der Waals surface area contributed by atoms with Gasteiger partial charge in [-0.05, 0) is 50.7 Å². The Morgan fingerprint density at radius 3 is 2.69 bits per heavy atom. The van der Waals surface area contributed by atoms with Gasteiger partial charge in [0.15, 0.2) is 5.75 Å². The smallest absolute Gasteiger partial charge is 0.224 e. The number of benzene rings is 1. The molecule has 2 fully saturated rings. The van der Waals surface area contributed by atoms with Crippen molar-refractivity contribution in [3.8, 4) is 5.75 Å². The fraction of sp³-hybridized carbons (Fsp3) is 0.632. The zero-order chi connectivity index (χ0) is 17.6. The second-order valence-electron chi connectivity index (χ2n) is 6.89. The summed E-state index contributed by atoms with van der Waals surface area (Å²) >= 11 is 6.24. The summed E-state index contributed by atoms with van der Waals surface area (Å²) in [6, 6.07) is 6.60. The number of amides is 1. The van der Waals surface area contributed by atoms with Crippen molar-refractivity contribution < 1.29 is 14.3 Å². The number of carbonyl (C=O) groups is 1. The number of nitrogens with one attached hydrogen (secondary N) is 2. The lowest BCUT2D eigenvalue weighted by atomic mass is 9.89. The summed E-state index contributed by atoms with van der Waals surface area (Å²) in [7, 11) is 0. The predicted molar refractivity (Wildman–Crippen MR) is 107 cm³/mol. The van der Waals surface area contributed by atoms with Gasteiger partial charge in [-0.25, -0.2) is 0 Å². The van der Waals surface area contributed by atoms with Crippen LogP contribution in [-0.4, -0.2) is 37.8 Å². The molecule has 26 heavy (non-hydrogen) atoms. The normalized spacial score (nSPS) is 24.0. The van der Waals surface area contributed by atoms with Crippen molar-refractivity contribution in [3.63, 3.8) is 0 Å². The molecule has 0 aliphatic carbocycles. The Morgan fingerprint density at radius 2 is 2.00 bits per heavy atom. The van der Waals surface area contributed by atoms with E-state index in [4.69, 9.17) is 21.1 Å². The predicted octanol–water partition coefficient (Wildman–Crippen LogP) is 4.04. The van der Waals surface area contributed by atoms with Gasteiger partial charge in [-0.1, -0.05) is 17.7 Å². The highest BCUT2D eigenvalue weighted by atomic mass is 35.5.